The molecule has 0 saturated carbocycles. The van der Waals surface area contributed by atoms with Crippen LogP contribution in [0.15, 0.2) is 0 Å². The van der Waals surface area contributed by atoms with Crippen molar-refractivity contribution >= 4 is 24.0 Å². The minimum Gasteiger partial charge on any atom is -0.394 e. The number of hydrogen-bond donors (Lipinski definition) is 2. The molecule has 10 atom stereocenters. The van der Waals surface area contributed by atoms with Gasteiger partial charge in [0.05, 0.1) is 19.8 Å². The first-order valence-corrected chi connectivity index (χ1v) is 21.0. The predicted octanol–water partition coefficient (Wildman–Crippen LogP) is 7.32. The van der Waals surface area contributed by atoms with E-state index in [9.17, 15) is 5.11 Å². The molecule has 4 aliphatic rings. The summed E-state index contributed by atoms with van der Waals surface area (Å²) >= 11 is 0. The molecule has 0 bridgehead atoms. The van der Waals surface area contributed by atoms with E-state index in [-0.39, 0.29) is 73.8 Å². The fraction of sp³-hybridized carbons (Fsp3) is 1.00. The van der Waals surface area contributed by atoms with Crippen molar-refractivity contribution in [2.75, 3.05) is 67.1 Å². The van der Waals surface area contributed by atoms with Crippen LogP contribution in [-0.2, 0) is 62.0 Å². The summed E-state index contributed by atoms with van der Waals surface area (Å²) in [5.41, 5.74) is 0. The zero-order chi connectivity index (χ0) is 40.4. The van der Waals surface area contributed by atoms with E-state index in [0.717, 1.165) is 89.9 Å². The Bertz CT molecular complexity index is 889. The number of aliphatic hydroxyl groups excluding tert-OH is 1. The molecule has 0 aromatic carbocycles. The van der Waals surface area contributed by atoms with E-state index in [1.807, 2.05) is 6.92 Å². The van der Waals surface area contributed by atoms with Crippen molar-refractivity contribution in [3.63, 3.8) is 0 Å². The van der Waals surface area contributed by atoms with Crippen molar-refractivity contribution in [2.24, 2.45) is 0 Å². The SMILES string of the molecule is CC1(OO)CCCCO1.CCCCOC1[C@H](OC)O[C@H](CO)[C@H]1OCCCC.CCCCOC1[C@H](OC)O[C@H](COOC2(C)CCCCO2)[C@H]1OCCCC.I. The number of unbranched alkanes of at least 4 members (excludes halogenated alkanes) is 4. The molecular formula is C40H79IO15. The van der Waals surface area contributed by atoms with Gasteiger partial charge in [0.1, 0.15) is 43.2 Å². The normalized spacial score (nSPS) is 32.9. The number of rotatable bonds is 24. The van der Waals surface area contributed by atoms with Crippen molar-refractivity contribution < 1.29 is 72.4 Å². The molecule has 0 amide bonds. The van der Waals surface area contributed by atoms with Gasteiger partial charge in [-0.05, 0) is 65.2 Å². The molecule has 4 heterocycles. The van der Waals surface area contributed by atoms with Crippen LogP contribution in [0.5, 0.6) is 0 Å². The molecule has 56 heavy (non-hydrogen) atoms. The molecule has 0 aromatic rings. The summed E-state index contributed by atoms with van der Waals surface area (Å²) in [7, 11) is 3.21. The van der Waals surface area contributed by atoms with Gasteiger partial charge in [-0.3, -0.25) is 0 Å². The van der Waals surface area contributed by atoms with Crippen LogP contribution in [0.4, 0.5) is 0 Å². The average Bonchev–Trinajstić information content (AvgIpc) is 3.72. The predicted molar refractivity (Wildman–Crippen MR) is 220 cm³/mol. The topological polar surface area (TPSA) is 160 Å². The Morgan fingerprint density at radius 3 is 1.36 bits per heavy atom. The monoisotopic (exact) mass is 926 g/mol. The Hall–Kier alpha value is 0.130. The maximum absolute atomic E-state index is 9.38. The maximum Gasteiger partial charge on any atom is 0.198 e. The Morgan fingerprint density at radius 1 is 0.589 bits per heavy atom. The Balaban J connectivity index is 0.000000468. The van der Waals surface area contributed by atoms with Crippen molar-refractivity contribution in [1.29, 1.82) is 0 Å². The van der Waals surface area contributed by atoms with Gasteiger partial charge in [-0.15, -0.1) is 24.0 Å². The fourth-order valence-electron chi connectivity index (χ4n) is 6.43. The Labute approximate surface area is 354 Å². The summed E-state index contributed by atoms with van der Waals surface area (Å²) in [4.78, 5) is 15.2. The van der Waals surface area contributed by atoms with E-state index >= 15 is 0 Å². The number of halogens is 1. The largest absolute Gasteiger partial charge is 0.394 e. The summed E-state index contributed by atoms with van der Waals surface area (Å²) in [5, 5.41) is 17.7. The Morgan fingerprint density at radius 2 is 1.00 bits per heavy atom. The first-order valence-electron chi connectivity index (χ1n) is 21.0. The summed E-state index contributed by atoms with van der Waals surface area (Å²) in [6, 6.07) is 0. The third-order valence-corrected chi connectivity index (χ3v) is 9.94. The highest BCUT2D eigenvalue weighted by atomic mass is 127. The minimum absolute atomic E-state index is 0. The van der Waals surface area contributed by atoms with Crippen LogP contribution in [0.1, 0.15) is 131 Å². The van der Waals surface area contributed by atoms with E-state index in [2.05, 4.69) is 32.6 Å². The van der Waals surface area contributed by atoms with E-state index in [0.29, 0.717) is 39.6 Å². The standard InChI is InChI=1S/C20H38O7.C14H28O5.C6H12O3.HI/c1-5-7-12-22-17-16(15-25-27-20(3)11-9-10-14-24-20)26-19(21-4)18(17)23-13-8-6-2;1-4-6-8-17-12-11(10-15)19-14(16-3)13(12)18-9-7-5-2;1-6(9-7)4-2-3-5-8-6;/h16-19H,5-15H2,1-4H3;11-15H,4-10H2,1-3H3;7H,2-5H2,1H3;1H/t16-,17-,18?,19-,20?;11-,12-,13?,14-;;/m11../s1. The van der Waals surface area contributed by atoms with E-state index in [4.69, 9.17) is 62.4 Å². The molecule has 4 saturated heterocycles. The molecule has 0 spiro atoms. The maximum atomic E-state index is 9.38. The molecule has 4 unspecified atom stereocenters. The second kappa shape index (κ2) is 31.9. The van der Waals surface area contributed by atoms with Gasteiger partial charge in [0, 0.05) is 53.5 Å². The number of aliphatic hydroxyl groups is 1. The quantitative estimate of drug-likeness (QED) is 0.0429. The van der Waals surface area contributed by atoms with Crippen LogP contribution < -0.4 is 0 Å². The van der Waals surface area contributed by atoms with Gasteiger partial charge >= 0.3 is 0 Å². The first-order chi connectivity index (χ1) is 26.7. The second-order valence-corrected chi connectivity index (χ2v) is 14.8. The third-order valence-electron chi connectivity index (χ3n) is 9.94. The molecule has 15 nitrogen and oxygen atoms in total. The molecule has 0 aliphatic carbocycles. The second-order valence-electron chi connectivity index (χ2n) is 14.8. The number of ether oxygens (including phenoxy) is 10. The highest BCUT2D eigenvalue weighted by molar-refractivity contribution is 14.0. The van der Waals surface area contributed by atoms with Crippen molar-refractivity contribution in [2.45, 2.75) is 192 Å². The van der Waals surface area contributed by atoms with Crippen molar-refractivity contribution in [1.82, 2.24) is 0 Å². The van der Waals surface area contributed by atoms with Crippen LogP contribution in [-0.4, -0.2) is 138 Å². The van der Waals surface area contributed by atoms with Gasteiger partial charge in [-0.25, -0.2) is 19.9 Å². The summed E-state index contributed by atoms with van der Waals surface area (Å²) in [6.07, 6.45) is 11.5. The zero-order valence-electron chi connectivity index (χ0n) is 35.8. The average molecular weight is 927 g/mol. The zero-order valence-corrected chi connectivity index (χ0v) is 38.1. The van der Waals surface area contributed by atoms with Crippen LogP contribution in [0.2, 0.25) is 0 Å². The lowest BCUT2D eigenvalue weighted by molar-refractivity contribution is -0.436. The lowest BCUT2D eigenvalue weighted by Crippen LogP contribution is -2.41. The minimum atomic E-state index is -0.724. The summed E-state index contributed by atoms with van der Waals surface area (Å²) < 4.78 is 57.0. The summed E-state index contributed by atoms with van der Waals surface area (Å²) in [5.74, 6) is -1.41. The van der Waals surface area contributed by atoms with Crippen LogP contribution in [0, 0.1) is 0 Å². The van der Waals surface area contributed by atoms with E-state index in [1.54, 1.807) is 21.1 Å². The van der Waals surface area contributed by atoms with Gasteiger partial charge in [0.15, 0.2) is 24.2 Å². The molecule has 4 fully saturated rings. The van der Waals surface area contributed by atoms with E-state index in [1.165, 1.54) is 0 Å². The van der Waals surface area contributed by atoms with Gasteiger partial charge in [-0.1, -0.05) is 53.4 Å². The smallest absolute Gasteiger partial charge is 0.198 e. The van der Waals surface area contributed by atoms with Crippen molar-refractivity contribution in [3.8, 4) is 0 Å². The summed E-state index contributed by atoms with van der Waals surface area (Å²) in [6.45, 7) is 16.4. The van der Waals surface area contributed by atoms with Gasteiger partial charge in [-0.2, -0.15) is 0 Å². The van der Waals surface area contributed by atoms with Crippen LogP contribution in [0.25, 0.3) is 0 Å². The van der Waals surface area contributed by atoms with Crippen molar-refractivity contribution in [3.05, 3.63) is 0 Å². The van der Waals surface area contributed by atoms with Gasteiger partial charge in [0.2, 0.25) is 0 Å². The molecular weight excluding hydrogens is 847 g/mol. The lowest BCUT2D eigenvalue weighted by Gasteiger charge is -2.32. The van der Waals surface area contributed by atoms with Gasteiger partial charge < -0.3 is 52.5 Å². The molecule has 4 rings (SSSR count). The van der Waals surface area contributed by atoms with Crippen LogP contribution >= 0.6 is 24.0 Å². The first kappa shape index (κ1) is 54.1. The van der Waals surface area contributed by atoms with E-state index < -0.39 is 24.2 Å². The van der Waals surface area contributed by atoms with Crippen LogP contribution in [0.3, 0.4) is 0 Å². The van der Waals surface area contributed by atoms with Gasteiger partial charge in [0.25, 0.3) is 0 Å². The molecule has 2 N–H and O–H groups in total. The highest BCUT2D eigenvalue weighted by Gasteiger charge is 2.48. The molecule has 0 radical (unpaired) electrons. The highest BCUT2D eigenvalue weighted by Crippen LogP contribution is 2.31. The molecule has 0 aromatic heterocycles. The fourth-order valence-corrected chi connectivity index (χ4v) is 6.43. The Kier molecular flexibility index (Phi) is 30.9. The number of methoxy groups -OCH3 is 2. The molecule has 336 valence electrons. The molecule has 16 heteroatoms. The lowest BCUT2D eigenvalue weighted by atomic mass is 10.1. The third kappa shape index (κ3) is 19.7. The number of hydrogen-bond acceptors (Lipinski definition) is 15. The molecule has 4 aliphatic heterocycles.